The molecule has 23 heavy (non-hydrogen) atoms. The van der Waals surface area contributed by atoms with Gasteiger partial charge in [-0.25, -0.2) is 0 Å². The second kappa shape index (κ2) is 9.59. The van der Waals surface area contributed by atoms with Crippen LogP contribution >= 0.6 is 11.6 Å². The molecule has 2 aromatic carbocycles. The van der Waals surface area contributed by atoms with Crippen molar-refractivity contribution in [2.45, 2.75) is 38.5 Å². The van der Waals surface area contributed by atoms with E-state index in [9.17, 15) is 0 Å². The van der Waals surface area contributed by atoms with Gasteiger partial charge >= 0.3 is 0 Å². The molecular weight excluding hydrogens is 306 g/mol. The van der Waals surface area contributed by atoms with E-state index in [1.807, 2.05) is 30.3 Å². The zero-order chi connectivity index (χ0) is 16.5. The molecule has 0 aliphatic carbocycles. The summed E-state index contributed by atoms with van der Waals surface area (Å²) in [6, 6.07) is 16.3. The van der Waals surface area contributed by atoms with Gasteiger partial charge in [0.1, 0.15) is 5.75 Å². The minimum atomic E-state index is 0.236. The van der Waals surface area contributed by atoms with Crippen molar-refractivity contribution >= 4 is 11.6 Å². The van der Waals surface area contributed by atoms with Crippen molar-refractivity contribution in [1.29, 1.82) is 0 Å². The van der Waals surface area contributed by atoms with Crippen LogP contribution in [0.2, 0.25) is 5.02 Å². The maximum Gasteiger partial charge on any atom is 0.119 e. The van der Waals surface area contributed by atoms with Crippen LogP contribution in [0.15, 0.2) is 48.5 Å². The second-order valence-corrected chi connectivity index (χ2v) is 6.26. The summed E-state index contributed by atoms with van der Waals surface area (Å²) in [5.41, 5.74) is 8.34. The van der Waals surface area contributed by atoms with Gasteiger partial charge in [0.15, 0.2) is 0 Å². The highest BCUT2D eigenvalue weighted by Crippen LogP contribution is 2.27. The molecule has 0 spiro atoms. The lowest BCUT2D eigenvalue weighted by molar-refractivity contribution is 0.306. The van der Waals surface area contributed by atoms with Crippen LogP contribution in [0.1, 0.15) is 43.2 Å². The van der Waals surface area contributed by atoms with Crippen LogP contribution in [0, 0.1) is 0 Å². The average molecular weight is 332 g/mol. The third kappa shape index (κ3) is 5.56. The van der Waals surface area contributed by atoms with Gasteiger partial charge in [0.05, 0.1) is 6.61 Å². The third-order valence-corrected chi connectivity index (χ3v) is 4.40. The fourth-order valence-electron chi connectivity index (χ4n) is 2.67. The van der Waals surface area contributed by atoms with E-state index < -0.39 is 0 Å². The smallest absolute Gasteiger partial charge is 0.119 e. The Morgan fingerprint density at radius 1 is 1.04 bits per heavy atom. The first kappa shape index (κ1) is 17.8. The SMILES string of the molecule is CCCCCOc1ccc(CC(CN)c2ccccc2Cl)cc1. The first-order chi connectivity index (χ1) is 11.2. The van der Waals surface area contributed by atoms with E-state index >= 15 is 0 Å². The zero-order valence-corrected chi connectivity index (χ0v) is 14.6. The molecule has 0 saturated heterocycles. The molecule has 0 amide bonds. The number of hydrogen-bond acceptors (Lipinski definition) is 2. The van der Waals surface area contributed by atoms with E-state index in [4.69, 9.17) is 22.1 Å². The van der Waals surface area contributed by atoms with Gasteiger partial charge in [0.2, 0.25) is 0 Å². The first-order valence-corrected chi connectivity index (χ1v) is 8.78. The Balaban J connectivity index is 1.95. The van der Waals surface area contributed by atoms with Crippen LogP contribution in [0.4, 0.5) is 0 Å². The van der Waals surface area contributed by atoms with E-state index in [1.54, 1.807) is 0 Å². The lowest BCUT2D eigenvalue weighted by atomic mass is 9.92. The van der Waals surface area contributed by atoms with Gasteiger partial charge in [0.25, 0.3) is 0 Å². The molecule has 124 valence electrons. The van der Waals surface area contributed by atoms with E-state index in [-0.39, 0.29) is 5.92 Å². The number of unbranched alkanes of at least 4 members (excludes halogenated alkanes) is 2. The summed E-state index contributed by atoms with van der Waals surface area (Å²) < 4.78 is 5.75. The fraction of sp³-hybridized carbons (Fsp3) is 0.400. The molecule has 2 aromatic rings. The lowest BCUT2D eigenvalue weighted by Crippen LogP contribution is -2.15. The van der Waals surface area contributed by atoms with Crippen LogP contribution in [0.25, 0.3) is 0 Å². The summed E-state index contributed by atoms with van der Waals surface area (Å²) in [5, 5.41) is 0.791. The molecule has 2 N–H and O–H groups in total. The summed E-state index contributed by atoms with van der Waals surface area (Å²) in [4.78, 5) is 0. The molecule has 0 heterocycles. The van der Waals surface area contributed by atoms with Crippen molar-refractivity contribution in [1.82, 2.24) is 0 Å². The van der Waals surface area contributed by atoms with Gasteiger partial charge in [-0.15, -0.1) is 0 Å². The normalized spacial score (nSPS) is 12.1. The van der Waals surface area contributed by atoms with Crippen molar-refractivity contribution in [2.75, 3.05) is 13.2 Å². The van der Waals surface area contributed by atoms with Gasteiger partial charge in [-0.2, -0.15) is 0 Å². The average Bonchev–Trinajstić information content (AvgIpc) is 2.58. The van der Waals surface area contributed by atoms with Gasteiger partial charge in [-0.3, -0.25) is 0 Å². The molecule has 1 unspecified atom stereocenters. The molecule has 1 atom stereocenters. The van der Waals surface area contributed by atoms with Gasteiger partial charge in [-0.1, -0.05) is 61.7 Å². The van der Waals surface area contributed by atoms with Gasteiger partial charge in [0, 0.05) is 10.9 Å². The molecule has 0 aromatic heterocycles. The standard InChI is InChI=1S/C20H26ClNO/c1-2-3-6-13-23-18-11-9-16(10-12-18)14-17(15-22)19-7-4-5-8-20(19)21/h4-5,7-12,17H,2-3,6,13-15,22H2,1H3. The Morgan fingerprint density at radius 3 is 2.43 bits per heavy atom. The number of benzene rings is 2. The second-order valence-electron chi connectivity index (χ2n) is 5.86. The predicted molar refractivity (Wildman–Crippen MR) is 98.4 cm³/mol. The Morgan fingerprint density at radius 2 is 1.78 bits per heavy atom. The van der Waals surface area contributed by atoms with Crippen molar-refractivity contribution in [3.05, 3.63) is 64.7 Å². The van der Waals surface area contributed by atoms with Crippen LogP contribution < -0.4 is 10.5 Å². The van der Waals surface area contributed by atoms with Gasteiger partial charge in [-0.05, 0) is 48.7 Å². The largest absolute Gasteiger partial charge is 0.494 e. The predicted octanol–water partition coefficient (Wildman–Crippen LogP) is 5.19. The number of nitrogens with two attached hydrogens (primary N) is 1. The number of halogens is 1. The summed E-state index contributed by atoms with van der Waals surface area (Å²) in [6.45, 7) is 3.57. The summed E-state index contributed by atoms with van der Waals surface area (Å²) in [7, 11) is 0. The zero-order valence-electron chi connectivity index (χ0n) is 13.8. The van der Waals surface area contributed by atoms with Crippen LogP contribution in [0.3, 0.4) is 0 Å². The highest BCUT2D eigenvalue weighted by atomic mass is 35.5. The monoisotopic (exact) mass is 331 g/mol. The molecule has 0 aliphatic rings. The van der Waals surface area contributed by atoms with E-state index in [1.165, 1.54) is 18.4 Å². The Kier molecular flexibility index (Phi) is 7.44. The molecule has 0 fully saturated rings. The molecule has 0 bridgehead atoms. The van der Waals surface area contributed by atoms with Crippen molar-refractivity contribution < 1.29 is 4.74 Å². The maximum atomic E-state index is 6.30. The van der Waals surface area contributed by atoms with E-state index in [0.717, 1.165) is 35.8 Å². The quantitative estimate of drug-likeness (QED) is 0.641. The molecule has 0 radical (unpaired) electrons. The number of hydrogen-bond donors (Lipinski definition) is 1. The van der Waals surface area contributed by atoms with Crippen LogP contribution in [-0.4, -0.2) is 13.2 Å². The minimum absolute atomic E-state index is 0.236. The molecule has 2 nitrogen and oxygen atoms in total. The van der Waals surface area contributed by atoms with E-state index in [0.29, 0.717) is 6.54 Å². The highest BCUT2D eigenvalue weighted by Gasteiger charge is 2.13. The van der Waals surface area contributed by atoms with Crippen molar-refractivity contribution in [3.8, 4) is 5.75 Å². The molecular formula is C20H26ClNO. The Bertz CT molecular complexity index is 582. The van der Waals surface area contributed by atoms with Crippen LogP contribution in [-0.2, 0) is 6.42 Å². The molecule has 0 aliphatic heterocycles. The van der Waals surface area contributed by atoms with Crippen LogP contribution in [0.5, 0.6) is 5.75 Å². The summed E-state index contributed by atoms with van der Waals surface area (Å²) in [5.74, 6) is 1.17. The Labute approximate surface area is 144 Å². The Hall–Kier alpha value is -1.51. The lowest BCUT2D eigenvalue weighted by Gasteiger charge is -2.17. The minimum Gasteiger partial charge on any atom is -0.494 e. The topological polar surface area (TPSA) is 35.2 Å². The number of rotatable bonds is 9. The fourth-order valence-corrected chi connectivity index (χ4v) is 2.96. The van der Waals surface area contributed by atoms with Crippen molar-refractivity contribution in [3.63, 3.8) is 0 Å². The third-order valence-electron chi connectivity index (χ3n) is 4.05. The van der Waals surface area contributed by atoms with Gasteiger partial charge < -0.3 is 10.5 Å². The number of ether oxygens (including phenoxy) is 1. The molecule has 0 saturated carbocycles. The summed E-state index contributed by atoms with van der Waals surface area (Å²) in [6.07, 6.45) is 4.43. The molecule has 3 heteroatoms. The highest BCUT2D eigenvalue weighted by molar-refractivity contribution is 6.31. The first-order valence-electron chi connectivity index (χ1n) is 8.40. The molecule has 2 rings (SSSR count). The van der Waals surface area contributed by atoms with E-state index in [2.05, 4.69) is 25.1 Å². The summed E-state index contributed by atoms with van der Waals surface area (Å²) >= 11 is 6.30. The van der Waals surface area contributed by atoms with Crippen molar-refractivity contribution in [2.24, 2.45) is 5.73 Å². The maximum absolute atomic E-state index is 6.30.